The van der Waals surface area contributed by atoms with E-state index in [1.165, 1.54) is 6.33 Å². The van der Waals surface area contributed by atoms with Crippen LogP contribution < -0.4 is 10.3 Å². The third-order valence-corrected chi connectivity index (χ3v) is 4.34. The van der Waals surface area contributed by atoms with Crippen LogP contribution in [0.3, 0.4) is 0 Å². The van der Waals surface area contributed by atoms with E-state index in [1.54, 1.807) is 0 Å². The summed E-state index contributed by atoms with van der Waals surface area (Å²) < 4.78 is 6.94. The van der Waals surface area contributed by atoms with E-state index < -0.39 is 0 Å². The summed E-state index contributed by atoms with van der Waals surface area (Å²) in [5.41, 5.74) is 1.85. The summed E-state index contributed by atoms with van der Waals surface area (Å²) >= 11 is 6.64. The molecule has 0 aliphatic carbocycles. The van der Waals surface area contributed by atoms with E-state index >= 15 is 0 Å². The molecule has 0 fully saturated rings. The topological polar surface area (TPSA) is 55.0 Å². The van der Waals surface area contributed by atoms with E-state index in [2.05, 4.69) is 41.8 Å². The van der Waals surface area contributed by atoms with Gasteiger partial charge in [0.2, 0.25) is 5.88 Å². The number of aromatic nitrogens is 2. The molecule has 1 N–H and O–H groups in total. The van der Waals surface area contributed by atoms with Crippen molar-refractivity contribution in [1.82, 2.24) is 9.97 Å². The third-order valence-electron chi connectivity index (χ3n) is 2.39. The van der Waals surface area contributed by atoms with Gasteiger partial charge in [-0.15, -0.1) is 0 Å². The molecule has 0 saturated carbocycles. The van der Waals surface area contributed by atoms with Gasteiger partial charge in [0.05, 0.1) is 6.33 Å². The number of aryl methyl sites for hydroxylation is 2. The first kappa shape index (κ1) is 13.3. The van der Waals surface area contributed by atoms with Crippen molar-refractivity contribution in [3.63, 3.8) is 0 Å². The summed E-state index contributed by atoms with van der Waals surface area (Å²) in [5, 5.41) is 0. The molecule has 2 aromatic rings. The number of halogens is 2. The van der Waals surface area contributed by atoms with E-state index in [0.29, 0.717) is 5.75 Å². The number of H-pyrrole nitrogens is 1. The summed E-state index contributed by atoms with van der Waals surface area (Å²) in [6, 6.07) is 3.76. The lowest BCUT2D eigenvalue weighted by atomic mass is 10.1. The number of hydrogen-bond donors (Lipinski definition) is 1. The minimum absolute atomic E-state index is 0.250. The molecule has 1 heterocycles. The fourth-order valence-corrected chi connectivity index (χ4v) is 2.04. The number of nitrogens with one attached hydrogen (secondary N) is 1. The molecular weight excluding hydrogens is 364 g/mol. The Balaban J connectivity index is 2.40. The van der Waals surface area contributed by atoms with Crippen molar-refractivity contribution in [3.8, 4) is 11.6 Å². The van der Waals surface area contributed by atoms with Crippen molar-refractivity contribution >= 4 is 31.9 Å². The summed E-state index contributed by atoms with van der Waals surface area (Å²) in [7, 11) is 0. The van der Waals surface area contributed by atoms with Gasteiger partial charge in [0.15, 0.2) is 0 Å². The lowest BCUT2D eigenvalue weighted by Crippen LogP contribution is -2.08. The predicted octanol–water partition coefficient (Wildman–Crippen LogP) is 3.70. The van der Waals surface area contributed by atoms with Gasteiger partial charge in [0, 0.05) is 4.47 Å². The zero-order valence-electron chi connectivity index (χ0n) is 9.75. The molecule has 0 aliphatic rings. The Labute approximate surface area is 121 Å². The fraction of sp³-hybridized carbons (Fsp3) is 0.167. The molecule has 94 valence electrons. The molecule has 0 amide bonds. The van der Waals surface area contributed by atoms with E-state index in [-0.39, 0.29) is 15.9 Å². The predicted molar refractivity (Wildman–Crippen MR) is 76.2 cm³/mol. The summed E-state index contributed by atoms with van der Waals surface area (Å²) in [6.45, 7) is 3.95. The maximum atomic E-state index is 11.4. The van der Waals surface area contributed by atoms with Gasteiger partial charge in [-0.05, 0) is 53.0 Å². The number of aromatic amines is 1. The first-order valence-electron chi connectivity index (χ1n) is 5.17. The van der Waals surface area contributed by atoms with Gasteiger partial charge in [-0.2, -0.15) is 0 Å². The first-order chi connectivity index (χ1) is 8.49. The molecule has 0 radical (unpaired) electrons. The van der Waals surface area contributed by atoms with E-state index in [1.807, 2.05) is 26.0 Å². The highest BCUT2D eigenvalue weighted by atomic mass is 79.9. The molecular formula is C12H10Br2N2O2. The molecule has 1 aromatic heterocycles. The van der Waals surface area contributed by atoms with Crippen LogP contribution in [0.1, 0.15) is 11.1 Å². The number of nitrogens with zero attached hydrogens (tertiary/aromatic N) is 1. The standard InChI is InChI=1S/C12H10Br2N2O2/c1-6-3-8(4-7(2)9(6)13)18-12-10(14)11(17)15-5-16-12/h3-5H,1-2H3,(H,15,16,17). The summed E-state index contributed by atoms with van der Waals surface area (Å²) in [5.74, 6) is 0.895. The van der Waals surface area contributed by atoms with Crippen LogP contribution in [-0.4, -0.2) is 9.97 Å². The largest absolute Gasteiger partial charge is 0.438 e. The Bertz CT molecular complexity index is 630. The molecule has 4 nitrogen and oxygen atoms in total. The minimum Gasteiger partial charge on any atom is -0.438 e. The van der Waals surface area contributed by atoms with Gasteiger partial charge in [0.1, 0.15) is 10.2 Å². The Morgan fingerprint density at radius 1 is 1.17 bits per heavy atom. The fourth-order valence-electron chi connectivity index (χ4n) is 1.51. The molecule has 0 aliphatic heterocycles. The van der Waals surface area contributed by atoms with Crippen LogP contribution in [0.4, 0.5) is 0 Å². The van der Waals surface area contributed by atoms with Crippen LogP contribution in [0, 0.1) is 13.8 Å². The van der Waals surface area contributed by atoms with Gasteiger partial charge in [-0.1, -0.05) is 15.9 Å². The second-order valence-electron chi connectivity index (χ2n) is 3.82. The van der Waals surface area contributed by atoms with Crippen LogP contribution in [0.15, 0.2) is 32.2 Å². The Hall–Kier alpha value is -1.14. The highest BCUT2D eigenvalue weighted by Crippen LogP contribution is 2.30. The van der Waals surface area contributed by atoms with Crippen LogP contribution in [0.2, 0.25) is 0 Å². The molecule has 0 bridgehead atoms. The van der Waals surface area contributed by atoms with Crippen molar-refractivity contribution in [2.24, 2.45) is 0 Å². The van der Waals surface area contributed by atoms with Crippen molar-refractivity contribution in [2.75, 3.05) is 0 Å². The highest BCUT2D eigenvalue weighted by molar-refractivity contribution is 9.10. The Kier molecular flexibility index (Phi) is 3.87. The van der Waals surface area contributed by atoms with Crippen molar-refractivity contribution < 1.29 is 4.74 Å². The van der Waals surface area contributed by atoms with Crippen LogP contribution in [0.25, 0.3) is 0 Å². The van der Waals surface area contributed by atoms with Gasteiger partial charge in [-0.3, -0.25) is 4.79 Å². The SMILES string of the molecule is Cc1cc(Oc2nc[nH]c(=O)c2Br)cc(C)c1Br. The highest BCUT2D eigenvalue weighted by Gasteiger charge is 2.09. The summed E-state index contributed by atoms with van der Waals surface area (Å²) in [4.78, 5) is 17.8. The zero-order valence-corrected chi connectivity index (χ0v) is 12.9. The van der Waals surface area contributed by atoms with Crippen molar-refractivity contribution in [1.29, 1.82) is 0 Å². The quantitative estimate of drug-likeness (QED) is 0.873. The first-order valence-corrected chi connectivity index (χ1v) is 6.75. The molecule has 0 spiro atoms. The van der Waals surface area contributed by atoms with Crippen LogP contribution >= 0.6 is 31.9 Å². The second kappa shape index (κ2) is 5.24. The van der Waals surface area contributed by atoms with Crippen LogP contribution in [-0.2, 0) is 0 Å². The minimum atomic E-state index is -0.273. The van der Waals surface area contributed by atoms with E-state index in [0.717, 1.165) is 15.6 Å². The second-order valence-corrected chi connectivity index (χ2v) is 5.41. The number of ether oxygens (including phenoxy) is 1. The van der Waals surface area contributed by atoms with Crippen molar-refractivity contribution in [2.45, 2.75) is 13.8 Å². The van der Waals surface area contributed by atoms with Crippen molar-refractivity contribution in [3.05, 3.63) is 48.9 Å². The molecule has 2 rings (SSSR count). The number of benzene rings is 1. The smallest absolute Gasteiger partial charge is 0.268 e. The Morgan fingerprint density at radius 2 is 1.78 bits per heavy atom. The average molecular weight is 374 g/mol. The molecule has 0 saturated heterocycles. The Morgan fingerprint density at radius 3 is 2.39 bits per heavy atom. The lowest BCUT2D eigenvalue weighted by molar-refractivity contribution is 0.456. The monoisotopic (exact) mass is 372 g/mol. The lowest BCUT2D eigenvalue weighted by Gasteiger charge is -2.09. The van der Waals surface area contributed by atoms with Gasteiger partial charge < -0.3 is 9.72 Å². The third kappa shape index (κ3) is 2.64. The molecule has 18 heavy (non-hydrogen) atoms. The van der Waals surface area contributed by atoms with Gasteiger partial charge >= 0.3 is 0 Å². The molecule has 6 heteroatoms. The molecule has 0 unspecified atom stereocenters. The number of hydrogen-bond acceptors (Lipinski definition) is 3. The average Bonchev–Trinajstić information content (AvgIpc) is 2.32. The maximum absolute atomic E-state index is 11.4. The molecule has 1 aromatic carbocycles. The maximum Gasteiger partial charge on any atom is 0.268 e. The van der Waals surface area contributed by atoms with E-state index in [4.69, 9.17) is 4.74 Å². The normalized spacial score (nSPS) is 10.4. The summed E-state index contributed by atoms with van der Waals surface area (Å²) in [6.07, 6.45) is 1.31. The van der Waals surface area contributed by atoms with E-state index in [9.17, 15) is 4.79 Å². The number of rotatable bonds is 2. The van der Waals surface area contributed by atoms with Gasteiger partial charge in [-0.25, -0.2) is 4.98 Å². The van der Waals surface area contributed by atoms with Gasteiger partial charge in [0.25, 0.3) is 5.56 Å². The van der Waals surface area contributed by atoms with Crippen LogP contribution in [0.5, 0.6) is 11.6 Å². The zero-order chi connectivity index (χ0) is 13.3. The molecule has 0 atom stereocenters.